The zero-order valence-electron chi connectivity index (χ0n) is 15.6. The summed E-state index contributed by atoms with van der Waals surface area (Å²) in [6, 6.07) is 14.9. The molecule has 5 nitrogen and oxygen atoms in total. The van der Waals surface area contributed by atoms with Crippen LogP contribution in [0.4, 0.5) is 5.69 Å². The lowest BCUT2D eigenvalue weighted by atomic mass is 9.98. The average molecular weight is 458 g/mol. The first-order valence-electron chi connectivity index (χ1n) is 8.92. The van der Waals surface area contributed by atoms with E-state index in [-0.39, 0.29) is 4.21 Å². The van der Waals surface area contributed by atoms with Crippen LogP contribution in [0.3, 0.4) is 0 Å². The Morgan fingerprint density at radius 1 is 1.10 bits per heavy atom. The van der Waals surface area contributed by atoms with Gasteiger partial charge in [0, 0.05) is 21.8 Å². The number of thiophene rings is 1. The van der Waals surface area contributed by atoms with Gasteiger partial charge in [-0.15, -0.1) is 17.9 Å². The van der Waals surface area contributed by atoms with Crippen LogP contribution in [-0.2, 0) is 16.4 Å². The lowest BCUT2D eigenvalue weighted by molar-refractivity contribution is 0.530. The van der Waals surface area contributed by atoms with Crippen LogP contribution < -0.4 is 10.3 Å². The topological polar surface area (TPSA) is 76.4 Å². The molecule has 0 amide bonds. The van der Waals surface area contributed by atoms with Crippen LogP contribution in [0.1, 0.15) is 5.56 Å². The number of hydrogen-bond acceptors (Lipinski definition) is 5. The number of fused-ring (bicyclic) bond motifs is 1. The second-order valence-electron chi connectivity index (χ2n) is 6.50. The Labute approximate surface area is 182 Å². The molecule has 0 radical (unpaired) electrons. The summed E-state index contributed by atoms with van der Waals surface area (Å²) in [4.78, 5) is 12.6. The summed E-state index contributed by atoms with van der Waals surface area (Å²) in [5.74, 6) is 0.354. The van der Waals surface area contributed by atoms with Crippen molar-refractivity contribution >= 4 is 49.4 Å². The zero-order valence-corrected chi connectivity index (χ0v) is 18.0. The van der Waals surface area contributed by atoms with Gasteiger partial charge in [-0.2, -0.15) is 0 Å². The SMILES string of the molecule is C=CCc1c(-c2cccc(NS(=O)(=O)c3cccs3)c2)oc(=O)c2ccc(Cl)cc12. The smallest absolute Gasteiger partial charge is 0.344 e. The van der Waals surface area contributed by atoms with E-state index in [4.69, 9.17) is 16.0 Å². The van der Waals surface area contributed by atoms with Gasteiger partial charge in [-0.1, -0.05) is 35.9 Å². The molecule has 0 spiro atoms. The van der Waals surface area contributed by atoms with Crippen LogP contribution in [0.2, 0.25) is 5.02 Å². The Kier molecular flexibility index (Phi) is 5.51. The minimum atomic E-state index is -3.70. The first-order chi connectivity index (χ1) is 14.4. The van der Waals surface area contributed by atoms with E-state index in [1.54, 1.807) is 60.0 Å². The van der Waals surface area contributed by atoms with Gasteiger partial charge in [0.05, 0.1) is 5.39 Å². The molecule has 30 heavy (non-hydrogen) atoms. The molecule has 2 aromatic carbocycles. The van der Waals surface area contributed by atoms with Crippen molar-refractivity contribution in [2.45, 2.75) is 10.6 Å². The molecule has 0 aliphatic rings. The zero-order chi connectivity index (χ0) is 21.3. The molecule has 0 aliphatic heterocycles. The van der Waals surface area contributed by atoms with Crippen molar-refractivity contribution in [3.63, 3.8) is 0 Å². The van der Waals surface area contributed by atoms with Crippen LogP contribution in [-0.4, -0.2) is 8.42 Å². The molecule has 1 N–H and O–H groups in total. The molecular weight excluding hydrogens is 442 g/mol. The van der Waals surface area contributed by atoms with E-state index in [2.05, 4.69) is 11.3 Å². The van der Waals surface area contributed by atoms with Gasteiger partial charge in [0.2, 0.25) is 0 Å². The second-order valence-corrected chi connectivity index (χ2v) is 9.79. The van der Waals surface area contributed by atoms with Crippen LogP contribution in [0.5, 0.6) is 0 Å². The normalized spacial score (nSPS) is 11.5. The molecule has 0 unspecified atom stereocenters. The van der Waals surface area contributed by atoms with Crippen molar-refractivity contribution in [1.29, 1.82) is 0 Å². The molecule has 8 heteroatoms. The third-order valence-corrected chi connectivity index (χ3v) is 7.49. The first-order valence-corrected chi connectivity index (χ1v) is 11.7. The fourth-order valence-corrected chi connectivity index (χ4v) is 5.42. The summed E-state index contributed by atoms with van der Waals surface area (Å²) in [5, 5.41) is 3.30. The molecule has 152 valence electrons. The van der Waals surface area contributed by atoms with Gasteiger partial charge in [-0.05, 0) is 53.6 Å². The monoisotopic (exact) mass is 457 g/mol. The molecular formula is C22H16ClNO4S2. The Bertz CT molecular complexity index is 1410. The summed E-state index contributed by atoms with van der Waals surface area (Å²) >= 11 is 7.28. The summed E-state index contributed by atoms with van der Waals surface area (Å²) in [6.45, 7) is 3.79. The molecule has 4 aromatic rings. The molecule has 0 aliphatic carbocycles. The number of rotatable bonds is 6. The number of halogens is 1. The third-order valence-electron chi connectivity index (χ3n) is 4.48. The predicted molar refractivity (Wildman–Crippen MR) is 122 cm³/mol. The highest BCUT2D eigenvalue weighted by molar-refractivity contribution is 7.94. The van der Waals surface area contributed by atoms with Gasteiger partial charge in [0.1, 0.15) is 9.97 Å². The molecule has 0 saturated carbocycles. The highest BCUT2D eigenvalue weighted by Gasteiger charge is 2.18. The van der Waals surface area contributed by atoms with Crippen molar-refractivity contribution in [2.75, 3.05) is 4.72 Å². The van der Waals surface area contributed by atoms with Crippen LogP contribution >= 0.6 is 22.9 Å². The molecule has 0 fully saturated rings. The number of sulfonamides is 1. The van der Waals surface area contributed by atoms with Gasteiger partial charge in [0.25, 0.3) is 10.0 Å². The van der Waals surface area contributed by atoms with Crippen molar-refractivity contribution in [1.82, 2.24) is 0 Å². The molecule has 0 atom stereocenters. The molecule has 4 rings (SSSR count). The second kappa shape index (κ2) is 8.10. The van der Waals surface area contributed by atoms with Crippen molar-refractivity contribution in [3.8, 4) is 11.3 Å². The van der Waals surface area contributed by atoms with Crippen LogP contribution in [0.15, 0.2) is 86.1 Å². The Morgan fingerprint density at radius 3 is 2.67 bits per heavy atom. The molecule has 2 aromatic heterocycles. The van der Waals surface area contributed by atoms with E-state index < -0.39 is 15.6 Å². The van der Waals surface area contributed by atoms with Crippen molar-refractivity contribution in [2.24, 2.45) is 0 Å². The number of benzene rings is 2. The predicted octanol–water partition coefficient (Wildman–Crippen LogP) is 5.70. The number of hydrogen-bond donors (Lipinski definition) is 1. The summed E-state index contributed by atoms with van der Waals surface area (Å²) < 4.78 is 33.5. The summed E-state index contributed by atoms with van der Waals surface area (Å²) in [6.07, 6.45) is 2.16. The molecule has 0 bridgehead atoms. The maximum atomic E-state index is 12.6. The van der Waals surface area contributed by atoms with E-state index in [9.17, 15) is 13.2 Å². The van der Waals surface area contributed by atoms with E-state index in [1.807, 2.05) is 0 Å². The number of nitrogens with one attached hydrogen (secondary N) is 1. The summed E-state index contributed by atoms with van der Waals surface area (Å²) in [7, 11) is -3.70. The Hall–Kier alpha value is -2.87. The highest BCUT2D eigenvalue weighted by atomic mass is 35.5. The van der Waals surface area contributed by atoms with E-state index in [1.165, 1.54) is 6.07 Å². The minimum absolute atomic E-state index is 0.215. The lowest BCUT2D eigenvalue weighted by Gasteiger charge is -2.12. The van der Waals surface area contributed by atoms with Gasteiger partial charge in [0.15, 0.2) is 0 Å². The fourth-order valence-electron chi connectivity index (χ4n) is 3.20. The van der Waals surface area contributed by atoms with Gasteiger partial charge >= 0.3 is 5.63 Å². The van der Waals surface area contributed by atoms with E-state index >= 15 is 0 Å². The number of allylic oxidation sites excluding steroid dienone is 1. The quantitative estimate of drug-likeness (QED) is 0.376. The van der Waals surface area contributed by atoms with E-state index in [0.717, 1.165) is 16.9 Å². The Morgan fingerprint density at radius 2 is 1.93 bits per heavy atom. The van der Waals surface area contributed by atoms with Crippen molar-refractivity contribution < 1.29 is 12.8 Å². The maximum absolute atomic E-state index is 12.6. The summed E-state index contributed by atoms with van der Waals surface area (Å²) in [5.41, 5.74) is 1.19. The van der Waals surface area contributed by atoms with Crippen molar-refractivity contribution in [3.05, 3.63) is 93.6 Å². The molecule has 2 heterocycles. The van der Waals surface area contributed by atoms with E-state index in [0.29, 0.717) is 39.2 Å². The molecule has 0 saturated heterocycles. The van der Waals surface area contributed by atoms with Gasteiger partial charge in [-0.3, -0.25) is 4.72 Å². The van der Waals surface area contributed by atoms with Gasteiger partial charge in [-0.25, -0.2) is 13.2 Å². The first kappa shape index (κ1) is 20.4. The van der Waals surface area contributed by atoms with Crippen LogP contribution in [0.25, 0.3) is 22.1 Å². The standard InChI is InChI=1S/C22H16ClNO4S2/c1-2-5-17-19-13-15(23)9-10-18(19)22(25)28-21(17)14-6-3-7-16(12-14)24-30(26,27)20-8-4-11-29-20/h2-4,6-13,24H,1,5H2. The minimum Gasteiger partial charge on any atom is -0.422 e. The largest absolute Gasteiger partial charge is 0.422 e. The lowest BCUT2D eigenvalue weighted by Crippen LogP contribution is -2.11. The fraction of sp³-hybridized carbons (Fsp3) is 0.0455. The Balaban J connectivity index is 1.85. The third kappa shape index (κ3) is 3.92. The highest BCUT2D eigenvalue weighted by Crippen LogP contribution is 2.32. The average Bonchev–Trinajstić information content (AvgIpc) is 3.26. The van der Waals surface area contributed by atoms with Gasteiger partial charge < -0.3 is 4.42 Å². The maximum Gasteiger partial charge on any atom is 0.344 e. The number of anilines is 1. The van der Waals surface area contributed by atoms with Crippen LogP contribution in [0, 0.1) is 0 Å².